The van der Waals surface area contributed by atoms with Gasteiger partial charge in [-0.25, -0.2) is 0 Å². The van der Waals surface area contributed by atoms with Gasteiger partial charge in [0, 0.05) is 17.5 Å². The molecule has 1 fully saturated rings. The summed E-state index contributed by atoms with van der Waals surface area (Å²) in [5.74, 6) is 0.0630. The van der Waals surface area contributed by atoms with Crippen LogP contribution in [0.2, 0.25) is 0 Å². The molecule has 84 valence electrons. The van der Waals surface area contributed by atoms with Gasteiger partial charge in [-0.1, -0.05) is 18.2 Å². The van der Waals surface area contributed by atoms with Crippen molar-refractivity contribution in [2.75, 3.05) is 6.54 Å². The number of rotatable bonds is 4. The average Bonchev–Trinajstić information content (AvgIpc) is 3.09. The summed E-state index contributed by atoms with van der Waals surface area (Å²) < 4.78 is 0. The molecule has 0 unspecified atom stereocenters. The minimum Gasteiger partial charge on any atom is -0.332 e. The highest BCUT2D eigenvalue weighted by molar-refractivity contribution is 7.80. The lowest BCUT2D eigenvalue weighted by molar-refractivity contribution is 0.0759. The minimum atomic E-state index is 0.0630. The predicted molar refractivity (Wildman–Crippen MR) is 67.9 cm³/mol. The predicted octanol–water partition coefficient (Wildman–Crippen LogP) is 2.77. The van der Waals surface area contributed by atoms with Gasteiger partial charge in [0.15, 0.2) is 0 Å². The zero-order chi connectivity index (χ0) is 11.5. The third-order valence-corrected chi connectivity index (χ3v) is 3.10. The lowest BCUT2D eigenvalue weighted by Crippen LogP contribution is -2.33. The lowest BCUT2D eigenvalue weighted by atomic mass is 10.2. The Labute approximate surface area is 101 Å². The smallest absolute Gasteiger partial charge is 0.255 e. The molecule has 2 rings (SSSR count). The lowest BCUT2D eigenvalue weighted by Gasteiger charge is -2.21. The molecule has 1 aromatic rings. The van der Waals surface area contributed by atoms with Gasteiger partial charge in [0.1, 0.15) is 0 Å². The Kier molecular flexibility index (Phi) is 3.34. The van der Waals surface area contributed by atoms with Gasteiger partial charge < -0.3 is 4.90 Å². The average molecular weight is 233 g/mol. The topological polar surface area (TPSA) is 20.3 Å². The van der Waals surface area contributed by atoms with Crippen LogP contribution in [0, 0.1) is 0 Å². The fraction of sp³-hybridized carbons (Fsp3) is 0.308. The number of hydrogen-bond acceptors (Lipinski definition) is 2. The highest BCUT2D eigenvalue weighted by Gasteiger charge is 2.32. The van der Waals surface area contributed by atoms with Crippen LogP contribution in [0.4, 0.5) is 0 Å². The first-order valence-electron chi connectivity index (χ1n) is 5.44. The van der Waals surface area contributed by atoms with E-state index >= 15 is 0 Å². The quantitative estimate of drug-likeness (QED) is 0.626. The molecule has 0 saturated heterocycles. The number of carbonyl (C=O) groups is 1. The molecule has 16 heavy (non-hydrogen) atoms. The molecule has 1 aromatic carbocycles. The molecule has 1 amide bonds. The van der Waals surface area contributed by atoms with Crippen molar-refractivity contribution >= 4 is 18.5 Å². The molecular weight excluding hydrogens is 218 g/mol. The van der Waals surface area contributed by atoms with Crippen molar-refractivity contribution in [1.82, 2.24) is 4.90 Å². The molecule has 1 aliphatic rings. The summed E-state index contributed by atoms with van der Waals surface area (Å²) in [7, 11) is 0. The highest BCUT2D eigenvalue weighted by Crippen LogP contribution is 2.29. The van der Waals surface area contributed by atoms with Gasteiger partial charge in [0.25, 0.3) is 5.91 Å². The summed E-state index contributed by atoms with van der Waals surface area (Å²) >= 11 is 4.32. The molecule has 0 heterocycles. The van der Waals surface area contributed by atoms with Crippen molar-refractivity contribution < 1.29 is 4.79 Å². The molecule has 0 radical (unpaired) electrons. The Bertz CT molecular complexity index is 412. The highest BCUT2D eigenvalue weighted by atomic mass is 32.1. The van der Waals surface area contributed by atoms with Crippen molar-refractivity contribution in [2.45, 2.75) is 23.8 Å². The van der Waals surface area contributed by atoms with E-state index in [1.807, 2.05) is 29.2 Å². The second-order valence-electron chi connectivity index (χ2n) is 3.99. The molecule has 0 bridgehead atoms. The van der Waals surface area contributed by atoms with Gasteiger partial charge in [0.2, 0.25) is 0 Å². The zero-order valence-electron chi connectivity index (χ0n) is 9.10. The molecule has 0 atom stereocenters. The van der Waals surface area contributed by atoms with Gasteiger partial charge in [0.05, 0.1) is 5.56 Å². The summed E-state index contributed by atoms with van der Waals surface area (Å²) in [4.78, 5) is 14.9. The van der Waals surface area contributed by atoms with E-state index < -0.39 is 0 Å². The molecule has 0 spiro atoms. The Morgan fingerprint density at radius 3 is 2.75 bits per heavy atom. The van der Waals surface area contributed by atoms with Gasteiger partial charge >= 0.3 is 0 Å². The van der Waals surface area contributed by atoms with Crippen LogP contribution < -0.4 is 0 Å². The zero-order valence-corrected chi connectivity index (χ0v) is 9.99. The first-order chi connectivity index (χ1) is 7.74. The van der Waals surface area contributed by atoms with E-state index in [-0.39, 0.29) is 5.91 Å². The Morgan fingerprint density at radius 2 is 2.19 bits per heavy atom. The maximum atomic E-state index is 12.3. The minimum absolute atomic E-state index is 0.0630. The van der Waals surface area contributed by atoms with Gasteiger partial charge in [-0.3, -0.25) is 4.79 Å². The van der Waals surface area contributed by atoms with Crippen molar-refractivity contribution in [3.63, 3.8) is 0 Å². The van der Waals surface area contributed by atoms with Crippen LogP contribution >= 0.6 is 12.6 Å². The maximum absolute atomic E-state index is 12.3. The van der Waals surface area contributed by atoms with Crippen LogP contribution in [0.1, 0.15) is 23.2 Å². The number of thiol groups is 1. The number of hydrogen-bond donors (Lipinski definition) is 1. The first-order valence-corrected chi connectivity index (χ1v) is 5.88. The van der Waals surface area contributed by atoms with Crippen LogP contribution in [0.25, 0.3) is 0 Å². The summed E-state index contributed by atoms with van der Waals surface area (Å²) in [6, 6.07) is 7.82. The van der Waals surface area contributed by atoms with Crippen LogP contribution in [-0.2, 0) is 0 Å². The molecular formula is C13H15NOS. The molecule has 0 N–H and O–H groups in total. The van der Waals surface area contributed by atoms with E-state index in [9.17, 15) is 4.79 Å². The van der Waals surface area contributed by atoms with Crippen LogP contribution in [0.3, 0.4) is 0 Å². The van der Waals surface area contributed by atoms with E-state index in [1.54, 1.807) is 6.08 Å². The molecule has 1 aliphatic carbocycles. The number of carbonyl (C=O) groups excluding carboxylic acids is 1. The van der Waals surface area contributed by atoms with Crippen molar-refractivity contribution in [3.05, 3.63) is 42.5 Å². The fourth-order valence-electron chi connectivity index (χ4n) is 1.73. The van der Waals surface area contributed by atoms with Crippen LogP contribution in [0.5, 0.6) is 0 Å². The maximum Gasteiger partial charge on any atom is 0.255 e. The van der Waals surface area contributed by atoms with Crippen molar-refractivity contribution in [2.24, 2.45) is 0 Å². The molecule has 2 nitrogen and oxygen atoms in total. The normalized spacial score (nSPS) is 14.6. The molecule has 1 saturated carbocycles. The van der Waals surface area contributed by atoms with Crippen molar-refractivity contribution in [3.8, 4) is 0 Å². The summed E-state index contributed by atoms with van der Waals surface area (Å²) in [6.45, 7) is 4.31. The monoisotopic (exact) mass is 233 g/mol. The SMILES string of the molecule is C=CCN(C(=O)c1ccccc1S)C1CC1. The molecule has 0 aliphatic heterocycles. The van der Waals surface area contributed by atoms with Crippen LogP contribution in [-0.4, -0.2) is 23.4 Å². The Hall–Kier alpha value is -1.22. The van der Waals surface area contributed by atoms with E-state index in [1.165, 1.54) is 0 Å². The third-order valence-electron chi connectivity index (χ3n) is 2.71. The fourth-order valence-corrected chi connectivity index (χ4v) is 1.99. The molecule has 0 aromatic heterocycles. The molecule has 3 heteroatoms. The van der Waals surface area contributed by atoms with Crippen LogP contribution in [0.15, 0.2) is 41.8 Å². The number of benzene rings is 1. The summed E-state index contributed by atoms with van der Waals surface area (Å²) in [6.07, 6.45) is 3.99. The number of nitrogens with zero attached hydrogens (tertiary/aromatic N) is 1. The van der Waals surface area contributed by atoms with E-state index in [0.29, 0.717) is 18.2 Å². The van der Waals surface area contributed by atoms with Gasteiger partial charge in [-0.05, 0) is 25.0 Å². The standard InChI is InChI=1S/C13H15NOS/c1-2-9-14(10-7-8-10)13(15)11-5-3-4-6-12(11)16/h2-6,10,16H,1,7-9H2. The van der Waals surface area contributed by atoms with E-state index in [4.69, 9.17) is 0 Å². The second-order valence-corrected chi connectivity index (χ2v) is 4.48. The van der Waals surface area contributed by atoms with Gasteiger partial charge in [-0.15, -0.1) is 19.2 Å². The largest absolute Gasteiger partial charge is 0.332 e. The first kappa shape index (κ1) is 11.3. The second kappa shape index (κ2) is 4.74. The number of amides is 1. The van der Waals surface area contributed by atoms with E-state index in [0.717, 1.165) is 17.7 Å². The van der Waals surface area contributed by atoms with Crippen molar-refractivity contribution in [1.29, 1.82) is 0 Å². The van der Waals surface area contributed by atoms with E-state index in [2.05, 4.69) is 19.2 Å². The summed E-state index contributed by atoms with van der Waals surface area (Å²) in [5.41, 5.74) is 0.680. The Balaban J connectivity index is 2.22. The van der Waals surface area contributed by atoms with Gasteiger partial charge in [-0.2, -0.15) is 0 Å². The Morgan fingerprint density at radius 1 is 1.50 bits per heavy atom. The summed E-state index contributed by atoms with van der Waals surface area (Å²) in [5, 5.41) is 0. The third kappa shape index (κ3) is 2.30.